The summed E-state index contributed by atoms with van der Waals surface area (Å²) in [5.41, 5.74) is 5.69. The van der Waals surface area contributed by atoms with Gasteiger partial charge in [0, 0.05) is 6.04 Å². The van der Waals surface area contributed by atoms with E-state index in [0.29, 0.717) is 12.3 Å². The minimum absolute atomic E-state index is 0.0872. The molecule has 5 nitrogen and oxygen atoms in total. The van der Waals surface area contributed by atoms with Crippen LogP contribution in [-0.2, 0) is 19.4 Å². The zero-order valence-corrected chi connectivity index (χ0v) is 13.8. The van der Waals surface area contributed by atoms with E-state index in [2.05, 4.69) is 11.7 Å². The predicted molar refractivity (Wildman–Crippen MR) is 81.5 cm³/mol. The molecule has 2 aliphatic carbocycles. The van der Waals surface area contributed by atoms with Gasteiger partial charge in [-0.3, -0.25) is 4.79 Å². The van der Waals surface area contributed by atoms with Crippen molar-refractivity contribution in [1.29, 1.82) is 0 Å². The third kappa shape index (κ3) is 3.97. The van der Waals surface area contributed by atoms with E-state index in [-0.39, 0.29) is 29.6 Å². The molecule has 2 fully saturated rings. The molecule has 2 aliphatic rings. The lowest BCUT2D eigenvalue weighted by Gasteiger charge is -2.34. The van der Waals surface area contributed by atoms with E-state index in [9.17, 15) is 13.2 Å². The van der Waals surface area contributed by atoms with Crippen LogP contribution in [0.4, 0.5) is 0 Å². The molecule has 21 heavy (non-hydrogen) atoms. The molecule has 0 bridgehead atoms. The maximum Gasteiger partial charge on any atom is 0.306 e. The van der Waals surface area contributed by atoms with Gasteiger partial charge in [0.2, 0.25) is 0 Å². The molecule has 2 saturated carbocycles. The number of rotatable bonds is 6. The third-order valence-corrected chi connectivity index (χ3v) is 7.68. The van der Waals surface area contributed by atoms with E-state index < -0.39 is 15.1 Å². The molecule has 0 amide bonds. The van der Waals surface area contributed by atoms with Gasteiger partial charge in [0.05, 0.1) is 24.5 Å². The van der Waals surface area contributed by atoms with Gasteiger partial charge in [0.1, 0.15) is 0 Å². The summed E-state index contributed by atoms with van der Waals surface area (Å²) >= 11 is 0. The molecule has 3 atom stereocenters. The number of hydrogen-bond acceptors (Lipinski definition) is 5. The van der Waals surface area contributed by atoms with Crippen molar-refractivity contribution in [2.45, 2.75) is 63.2 Å². The van der Waals surface area contributed by atoms with Crippen LogP contribution in [0.15, 0.2) is 0 Å². The average molecular weight is 317 g/mol. The standard InChI is InChI=1S/C15H27NO4S/c1-3-11-4-5-12(16)13(8-11)21(18,19)10-15(6-7-15)9-14(17)20-2/h11-13H,3-10,16H2,1-2H3. The zero-order valence-electron chi connectivity index (χ0n) is 13.0. The molecule has 0 heterocycles. The highest BCUT2D eigenvalue weighted by molar-refractivity contribution is 7.92. The van der Waals surface area contributed by atoms with E-state index in [4.69, 9.17) is 5.73 Å². The van der Waals surface area contributed by atoms with Gasteiger partial charge >= 0.3 is 5.97 Å². The van der Waals surface area contributed by atoms with Gasteiger partial charge in [-0.25, -0.2) is 8.42 Å². The Kier molecular flexibility index (Phi) is 4.98. The molecule has 0 aliphatic heterocycles. The quantitative estimate of drug-likeness (QED) is 0.753. The summed E-state index contributed by atoms with van der Waals surface area (Å²) in [6.45, 7) is 2.10. The minimum atomic E-state index is -3.26. The number of ether oxygens (including phenoxy) is 1. The molecule has 0 spiro atoms. The summed E-state index contributed by atoms with van der Waals surface area (Å²) in [5.74, 6) is 0.228. The number of esters is 1. The van der Waals surface area contributed by atoms with Gasteiger partial charge in [0.15, 0.2) is 9.84 Å². The summed E-state index contributed by atoms with van der Waals surface area (Å²) < 4.78 is 30.2. The number of methoxy groups -OCH3 is 1. The number of sulfone groups is 1. The van der Waals surface area contributed by atoms with Gasteiger partial charge in [-0.15, -0.1) is 0 Å². The molecule has 3 unspecified atom stereocenters. The zero-order chi connectivity index (χ0) is 15.7. The van der Waals surface area contributed by atoms with E-state index in [1.54, 1.807) is 0 Å². The molecule has 122 valence electrons. The Labute approximate surface area is 127 Å². The molecule has 2 rings (SSSR count). The second-order valence-electron chi connectivity index (χ2n) is 6.85. The van der Waals surface area contributed by atoms with E-state index in [1.165, 1.54) is 7.11 Å². The Balaban J connectivity index is 2.05. The normalized spacial score (nSPS) is 31.7. The maximum absolute atomic E-state index is 12.8. The third-order valence-electron chi connectivity index (χ3n) is 5.20. The lowest BCUT2D eigenvalue weighted by atomic mass is 9.84. The van der Waals surface area contributed by atoms with Crippen LogP contribution in [-0.4, -0.2) is 38.5 Å². The van der Waals surface area contributed by atoms with Gasteiger partial charge in [0.25, 0.3) is 0 Å². The summed E-state index contributed by atoms with van der Waals surface area (Å²) in [5, 5.41) is -0.439. The predicted octanol–water partition coefficient (Wildman–Crippen LogP) is 1.65. The average Bonchev–Trinajstić information content (AvgIpc) is 3.17. The minimum Gasteiger partial charge on any atom is -0.469 e. The van der Waals surface area contributed by atoms with Crippen molar-refractivity contribution in [3.05, 3.63) is 0 Å². The Hall–Kier alpha value is -0.620. The molecule has 0 aromatic carbocycles. The maximum atomic E-state index is 12.8. The highest BCUT2D eigenvalue weighted by Gasteiger charge is 2.50. The van der Waals surface area contributed by atoms with E-state index >= 15 is 0 Å². The Morgan fingerprint density at radius 3 is 2.52 bits per heavy atom. The number of nitrogens with two attached hydrogens (primary N) is 1. The molecule has 0 aromatic heterocycles. The summed E-state index contributed by atoms with van der Waals surface area (Å²) in [6, 6.07) is -0.258. The van der Waals surface area contributed by atoms with E-state index in [1.807, 2.05) is 0 Å². The fourth-order valence-electron chi connectivity index (χ4n) is 3.48. The van der Waals surface area contributed by atoms with Crippen LogP contribution in [0.25, 0.3) is 0 Å². The number of hydrogen-bond donors (Lipinski definition) is 1. The Bertz CT molecular complexity index is 484. The molecule has 0 saturated heterocycles. The topological polar surface area (TPSA) is 86.5 Å². The SMILES string of the molecule is CCC1CCC(N)C(S(=O)(=O)CC2(CC(=O)OC)CC2)C1. The molecular formula is C15H27NO4S. The van der Waals surface area contributed by atoms with Crippen LogP contribution in [0.5, 0.6) is 0 Å². The van der Waals surface area contributed by atoms with Crippen molar-refractivity contribution in [3.63, 3.8) is 0 Å². The molecule has 2 N–H and O–H groups in total. The molecule has 0 radical (unpaired) electrons. The summed E-state index contributed by atoms with van der Waals surface area (Å²) in [4.78, 5) is 11.5. The van der Waals surface area contributed by atoms with Crippen molar-refractivity contribution < 1.29 is 17.9 Å². The van der Waals surface area contributed by atoms with Crippen molar-refractivity contribution in [3.8, 4) is 0 Å². The largest absolute Gasteiger partial charge is 0.469 e. The lowest BCUT2D eigenvalue weighted by molar-refractivity contribution is -0.141. The molecular weight excluding hydrogens is 290 g/mol. The summed E-state index contributed by atoms with van der Waals surface area (Å²) in [6.07, 6.45) is 5.28. The summed E-state index contributed by atoms with van der Waals surface area (Å²) in [7, 11) is -1.91. The van der Waals surface area contributed by atoms with Gasteiger partial charge in [-0.05, 0) is 43.4 Å². The second kappa shape index (κ2) is 6.24. The van der Waals surface area contributed by atoms with E-state index in [0.717, 1.165) is 32.1 Å². The molecule has 6 heteroatoms. The first kappa shape index (κ1) is 16.7. The second-order valence-corrected chi connectivity index (χ2v) is 9.07. The number of carbonyl (C=O) groups is 1. The first-order valence-corrected chi connectivity index (χ1v) is 9.57. The fourth-order valence-corrected chi connectivity index (χ4v) is 6.17. The van der Waals surface area contributed by atoms with Gasteiger partial charge in [-0.2, -0.15) is 0 Å². The van der Waals surface area contributed by atoms with Crippen molar-refractivity contribution in [1.82, 2.24) is 0 Å². The fraction of sp³-hybridized carbons (Fsp3) is 0.933. The van der Waals surface area contributed by atoms with Crippen LogP contribution in [0.3, 0.4) is 0 Å². The van der Waals surface area contributed by atoms with Crippen LogP contribution in [0.1, 0.15) is 51.9 Å². The first-order valence-electron chi connectivity index (χ1n) is 7.86. The van der Waals surface area contributed by atoms with Gasteiger partial charge in [-0.1, -0.05) is 13.3 Å². The van der Waals surface area contributed by atoms with Crippen molar-refractivity contribution in [2.24, 2.45) is 17.1 Å². The molecule has 0 aromatic rings. The van der Waals surface area contributed by atoms with Crippen LogP contribution >= 0.6 is 0 Å². The number of carbonyl (C=O) groups excluding carboxylic acids is 1. The van der Waals surface area contributed by atoms with Crippen LogP contribution in [0.2, 0.25) is 0 Å². The van der Waals surface area contributed by atoms with Crippen molar-refractivity contribution in [2.75, 3.05) is 12.9 Å². The Morgan fingerprint density at radius 2 is 2.00 bits per heavy atom. The monoisotopic (exact) mass is 317 g/mol. The van der Waals surface area contributed by atoms with Crippen LogP contribution < -0.4 is 5.73 Å². The Morgan fingerprint density at radius 1 is 1.33 bits per heavy atom. The van der Waals surface area contributed by atoms with Gasteiger partial charge < -0.3 is 10.5 Å². The first-order chi connectivity index (χ1) is 9.82. The van der Waals surface area contributed by atoms with Crippen molar-refractivity contribution >= 4 is 15.8 Å². The highest BCUT2D eigenvalue weighted by atomic mass is 32.2. The highest BCUT2D eigenvalue weighted by Crippen LogP contribution is 2.51. The van der Waals surface area contributed by atoms with Crippen LogP contribution in [0, 0.1) is 11.3 Å². The lowest BCUT2D eigenvalue weighted by Crippen LogP contribution is -2.47. The smallest absolute Gasteiger partial charge is 0.306 e.